The van der Waals surface area contributed by atoms with Gasteiger partial charge in [0.05, 0.1) is 12.2 Å². The lowest BCUT2D eigenvalue weighted by molar-refractivity contribution is -0.0613. The van der Waals surface area contributed by atoms with Crippen molar-refractivity contribution < 1.29 is 23.0 Å². The number of ether oxygens (including phenoxy) is 3. The Morgan fingerprint density at radius 3 is 2.65 bits per heavy atom. The van der Waals surface area contributed by atoms with Crippen LogP contribution in [0.5, 0.6) is 5.75 Å². The average Bonchev–Trinajstić information content (AvgIpc) is 3.20. The van der Waals surface area contributed by atoms with E-state index in [1.807, 2.05) is 42.0 Å². The topological polar surface area (TPSA) is 45.5 Å². The van der Waals surface area contributed by atoms with Crippen molar-refractivity contribution in [3.05, 3.63) is 77.4 Å². The molecule has 31 heavy (non-hydrogen) atoms. The molecule has 0 saturated carbocycles. The minimum absolute atomic E-state index is 0. The minimum Gasteiger partial charge on any atom is -0.486 e. The molecule has 0 bridgehead atoms. The van der Waals surface area contributed by atoms with Gasteiger partial charge >= 0.3 is 0 Å². The van der Waals surface area contributed by atoms with Crippen LogP contribution in [0.4, 0.5) is 8.78 Å². The molecule has 3 aromatic rings. The van der Waals surface area contributed by atoms with E-state index in [9.17, 15) is 4.39 Å². The van der Waals surface area contributed by atoms with Crippen molar-refractivity contribution in [3.63, 3.8) is 0 Å². The summed E-state index contributed by atoms with van der Waals surface area (Å²) in [5.74, 6) is -0.393. The Balaban J connectivity index is 0.00000272. The zero-order chi connectivity index (χ0) is 21.1. The van der Waals surface area contributed by atoms with Gasteiger partial charge in [-0.15, -0.1) is 12.4 Å². The lowest BCUT2D eigenvalue weighted by atomic mass is 9.98. The number of hydrogen-bond acceptors (Lipinski definition) is 4. The maximum absolute atomic E-state index is 15.0. The largest absolute Gasteiger partial charge is 0.486 e. The second-order valence-electron chi connectivity index (χ2n) is 7.35. The summed E-state index contributed by atoms with van der Waals surface area (Å²) >= 11 is 0. The van der Waals surface area contributed by atoms with Crippen LogP contribution in [0.15, 0.2) is 48.8 Å². The first-order chi connectivity index (χ1) is 14.5. The lowest BCUT2D eigenvalue weighted by Gasteiger charge is -2.29. The average molecular weight is 451 g/mol. The van der Waals surface area contributed by atoms with Crippen LogP contribution >= 0.6 is 12.4 Å². The Hall–Kier alpha value is -2.48. The zero-order valence-electron chi connectivity index (χ0n) is 17.4. The molecule has 5 nitrogen and oxygen atoms in total. The molecule has 166 valence electrons. The highest BCUT2D eigenvalue weighted by molar-refractivity contribution is 5.85. The van der Waals surface area contributed by atoms with Gasteiger partial charge in [0.25, 0.3) is 0 Å². The van der Waals surface area contributed by atoms with Crippen LogP contribution in [0.3, 0.4) is 0 Å². The van der Waals surface area contributed by atoms with Gasteiger partial charge in [-0.05, 0) is 37.1 Å². The summed E-state index contributed by atoms with van der Waals surface area (Å²) < 4.78 is 47.8. The first-order valence-corrected chi connectivity index (χ1v) is 9.90. The molecule has 0 N–H and O–H groups in total. The molecule has 2 aromatic carbocycles. The second kappa shape index (κ2) is 10.2. The van der Waals surface area contributed by atoms with Crippen LogP contribution < -0.4 is 4.74 Å². The number of imidazole rings is 1. The van der Waals surface area contributed by atoms with Crippen LogP contribution in [-0.2, 0) is 16.1 Å². The van der Waals surface area contributed by atoms with Gasteiger partial charge in [0, 0.05) is 49.8 Å². The number of benzene rings is 2. The van der Waals surface area contributed by atoms with Crippen LogP contribution in [-0.4, -0.2) is 29.4 Å². The number of aromatic nitrogens is 2. The Bertz CT molecular complexity index is 1010. The molecule has 2 atom stereocenters. The fourth-order valence-electron chi connectivity index (χ4n) is 3.69. The number of methoxy groups -OCH3 is 1. The van der Waals surface area contributed by atoms with Gasteiger partial charge in [0.2, 0.25) is 0 Å². The molecule has 1 aliphatic rings. The van der Waals surface area contributed by atoms with Crippen molar-refractivity contribution in [3.8, 4) is 11.4 Å². The molecule has 0 aliphatic carbocycles. The molecule has 1 fully saturated rings. The highest BCUT2D eigenvalue weighted by Gasteiger charge is 2.28. The molecule has 2 unspecified atom stereocenters. The third-order valence-electron chi connectivity index (χ3n) is 5.38. The van der Waals surface area contributed by atoms with E-state index in [2.05, 4.69) is 4.98 Å². The van der Waals surface area contributed by atoms with E-state index in [4.69, 9.17) is 14.2 Å². The summed E-state index contributed by atoms with van der Waals surface area (Å²) in [5, 5.41) is 0. The van der Waals surface area contributed by atoms with E-state index in [-0.39, 0.29) is 36.4 Å². The Morgan fingerprint density at radius 1 is 1.19 bits per heavy atom. The standard InChI is InChI=1S/C23H24F2N2O3.ClH/c1-15-26-8-9-27(15)18-5-3-16(4-6-18)14-30-22-12-17(24)11-20(23(22)25)21-13-19(28-2)7-10-29-21;/h3-6,8-9,11-12,19,21H,7,10,13-14H2,1-2H3;1H. The van der Waals surface area contributed by atoms with Gasteiger partial charge in [-0.3, -0.25) is 0 Å². The van der Waals surface area contributed by atoms with Crippen molar-refractivity contribution in [2.24, 2.45) is 0 Å². The molecular weight excluding hydrogens is 426 g/mol. The van der Waals surface area contributed by atoms with Crippen molar-refractivity contribution in [2.75, 3.05) is 13.7 Å². The van der Waals surface area contributed by atoms with Crippen LogP contribution in [0, 0.1) is 18.6 Å². The van der Waals surface area contributed by atoms with E-state index in [0.717, 1.165) is 29.6 Å². The molecule has 2 heterocycles. The normalized spacial score (nSPS) is 18.5. The SMILES string of the molecule is COC1CCOC(c2cc(F)cc(OCc3ccc(-n4ccnc4C)cc3)c2F)C1.Cl. The molecule has 8 heteroatoms. The number of aryl methyl sites for hydroxylation is 1. The molecule has 1 aromatic heterocycles. The summed E-state index contributed by atoms with van der Waals surface area (Å²) in [6, 6.07) is 9.88. The fourth-order valence-corrected chi connectivity index (χ4v) is 3.69. The van der Waals surface area contributed by atoms with Gasteiger partial charge in [-0.1, -0.05) is 12.1 Å². The number of hydrogen-bond donors (Lipinski definition) is 0. The summed E-state index contributed by atoms with van der Waals surface area (Å²) in [4.78, 5) is 4.21. The lowest BCUT2D eigenvalue weighted by Crippen LogP contribution is -2.26. The van der Waals surface area contributed by atoms with Crippen molar-refractivity contribution >= 4 is 12.4 Å². The first-order valence-electron chi connectivity index (χ1n) is 9.90. The van der Waals surface area contributed by atoms with Crippen molar-refractivity contribution in [1.29, 1.82) is 0 Å². The molecule has 0 amide bonds. The van der Waals surface area contributed by atoms with Crippen molar-refractivity contribution in [1.82, 2.24) is 9.55 Å². The van der Waals surface area contributed by atoms with Crippen LogP contribution in [0.25, 0.3) is 5.69 Å². The van der Waals surface area contributed by atoms with Gasteiger partial charge in [0.15, 0.2) is 11.6 Å². The molecule has 0 radical (unpaired) electrons. The van der Waals surface area contributed by atoms with Gasteiger partial charge in [-0.25, -0.2) is 13.8 Å². The van der Waals surface area contributed by atoms with E-state index < -0.39 is 17.7 Å². The Labute approximate surface area is 186 Å². The number of nitrogens with zero attached hydrogens (tertiary/aromatic N) is 2. The van der Waals surface area contributed by atoms with Crippen LogP contribution in [0.1, 0.15) is 35.9 Å². The summed E-state index contributed by atoms with van der Waals surface area (Å²) in [6.07, 6.45) is 4.24. The zero-order valence-corrected chi connectivity index (χ0v) is 18.2. The third kappa shape index (κ3) is 5.23. The summed E-state index contributed by atoms with van der Waals surface area (Å²) in [6.45, 7) is 2.49. The molecule has 4 rings (SSSR count). The predicted octanol–water partition coefficient (Wildman–Crippen LogP) is 5.33. The summed E-state index contributed by atoms with van der Waals surface area (Å²) in [7, 11) is 1.61. The number of halogens is 3. The van der Waals surface area contributed by atoms with E-state index in [1.54, 1.807) is 13.3 Å². The Morgan fingerprint density at radius 2 is 1.97 bits per heavy atom. The number of rotatable bonds is 6. The quantitative estimate of drug-likeness (QED) is 0.509. The highest BCUT2D eigenvalue weighted by Crippen LogP contribution is 2.35. The van der Waals surface area contributed by atoms with Gasteiger partial charge < -0.3 is 18.8 Å². The Kier molecular flexibility index (Phi) is 7.64. The third-order valence-corrected chi connectivity index (χ3v) is 5.38. The van der Waals surface area contributed by atoms with Crippen LogP contribution in [0.2, 0.25) is 0 Å². The maximum Gasteiger partial charge on any atom is 0.171 e. The molecular formula is C23H25ClF2N2O3. The molecule has 1 saturated heterocycles. The monoisotopic (exact) mass is 450 g/mol. The van der Waals surface area contributed by atoms with E-state index >= 15 is 4.39 Å². The fraction of sp³-hybridized carbons (Fsp3) is 0.348. The minimum atomic E-state index is -0.594. The van der Waals surface area contributed by atoms with E-state index in [1.165, 1.54) is 6.07 Å². The van der Waals surface area contributed by atoms with E-state index in [0.29, 0.717) is 13.0 Å². The van der Waals surface area contributed by atoms with Gasteiger partial charge in [0.1, 0.15) is 18.2 Å². The first kappa shape index (κ1) is 23.2. The maximum atomic E-state index is 15.0. The molecule has 1 aliphatic heterocycles. The summed E-state index contributed by atoms with van der Waals surface area (Å²) in [5.41, 5.74) is 1.97. The second-order valence-corrected chi connectivity index (χ2v) is 7.35. The predicted molar refractivity (Wildman–Crippen MR) is 115 cm³/mol. The van der Waals surface area contributed by atoms with Gasteiger partial charge in [-0.2, -0.15) is 0 Å². The van der Waals surface area contributed by atoms with Crippen molar-refractivity contribution in [2.45, 2.75) is 38.6 Å². The smallest absolute Gasteiger partial charge is 0.171 e. The highest BCUT2D eigenvalue weighted by atomic mass is 35.5. The molecule has 0 spiro atoms.